The summed E-state index contributed by atoms with van der Waals surface area (Å²) in [6, 6.07) is 10.9. The van der Waals surface area contributed by atoms with Gasteiger partial charge in [0.1, 0.15) is 0 Å². The molecule has 1 saturated heterocycles. The Bertz CT molecular complexity index is 513. The first-order valence-electron chi connectivity index (χ1n) is 9.46. The van der Waals surface area contributed by atoms with Gasteiger partial charge in [0, 0.05) is 12.6 Å². The number of halogens is 1. The molecular formula is C20H32ClN3O. The van der Waals surface area contributed by atoms with Gasteiger partial charge in [-0.15, -0.1) is 12.4 Å². The fourth-order valence-corrected chi connectivity index (χ4v) is 3.65. The molecule has 2 aliphatic rings. The number of amides is 1. The molecule has 2 fully saturated rings. The van der Waals surface area contributed by atoms with E-state index in [9.17, 15) is 4.79 Å². The third-order valence-electron chi connectivity index (χ3n) is 5.37. The van der Waals surface area contributed by atoms with Gasteiger partial charge in [-0.25, -0.2) is 0 Å². The Labute approximate surface area is 158 Å². The maximum atomic E-state index is 12.8. The molecule has 1 saturated carbocycles. The van der Waals surface area contributed by atoms with E-state index in [1.54, 1.807) is 0 Å². The van der Waals surface area contributed by atoms with E-state index >= 15 is 0 Å². The van der Waals surface area contributed by atoms with Gasteiger partial charge in [-0.2, -0.15) is 0 Å². The summed E-state index contributed by atoms with van der Waals surface area (Å²) in [5.74, 6) is 1.14. The Morgan fingerprint density at radius 2 is 1.84 bits per heavy atom. The van der Waals surface area contributed by atoms with E-state index in [-0.39, 0.29) is 12.4 Å². The van der Waals surface area contributed by atoms with Gasteiger partial charge < -0.3 is 10.2 Å². The van der Waals surface area contributed by atoms with Crippen LogP contribution in [-0.2, 0) is 11.3 Å². The molecule has 3 rings (SSSR count). The van der Waals surface area contributed by atoms with Crippen LogP contribution >= 0.6 is 12.4 Å². The first kappa shape index (κ1) is 20.2. The number of piperidine rings is 1. The van der Waals surface area contributed by atoms with E-state index in [2.05, 4.69) is 39.4 Å². The number of hydrogen-bond acceptors (Lipinski definition) is 3. The van der Waals surface area contributed by atoms with E-state index in [1.807, 2.05) is 13.1 Å². The summed E-state index contributed by atoms with van der Waals surface area (Å²) in [6.45, 7) is 4.62. The van der Waals surface area contributed by atoms with E-state index in [0.29, 0.717) is 18.5 Å². The molecule has 1 aromatic rings. The third kappa shape index (κ3) is 6.28. The summed E-state index contributed by atoms with van der Waals surface area (Å²) >= 11 is 0. The van der Waals surface area contributed by atoms with Crippen LogP contribution in [0.3, 0.4) is 0 Å². The maximum absolute atomic E-state index is 12.8. The average molecular weight is 366 g/mol. The van der Waals surface area contributed by atoms with Crippen LogP contribution in [0.15, 0.2) is 30.3 Å². The highest BCUT2D eigenvalue weighted by molar-refractivity contribution is 5.85. The molecule has 1 aromatic carbocycles. The fourth-order valence-electron chi connectivity index (χ4n) is 3.65. The van der Waals surface area contributed by atoms with Crippen molar-refractivity contribution in [3.05, 3.63) is 35.9 Å². The summed E-state index contributed by atoms with van der Waals surface area (Å²) in [5.41, 5.74) is 1.24. The van der Waals surface area contributed by atoms with E-state index in [0.717, 1.165) is 32.1 Å². The number of nitrogens with one attached hydrogen (secondary N) is 1. The Balaban J connectivity index is 0.00000225. The van der Waals surface area contributed by atoms with Gasteiger partial charge in [-0.3, -0.25) is 9.69 Å². The van der Waals surface area contributed by atoms with Crippen LogP contribution in [0.4, 0.5) is 0 Å². The van der Waals surface area contributed by atoms with Crippen LogP contribution in [0.2, 0.25) is 0 Å². The summed E-state index contributed by atoms with van der Waals surface area (Å²) in [5, 5.41) is 3.24. The number of rotatable bonds is 8. The lowest BCUT2D eigenvalue weighted by molar-refractivity contribution is -0.134. The quantitative estimate of drug-likeness (QED) is 0.769. The molecule has 0 bridgehead atoms. The van der Waals surface area contributed by atoms with E-state index in [1.165, 1.54) is 37.7 Å². The zero-order valence-corrected chi connectivity index (χ0v) is 16.1. The lowest BCUT2D eigenvalue weighted by Gasteiger charge is -2.33. The Hall–Kier alpha value is -1.10. The molecule has 140 valence electrons. The maximum Gasteiger partial charge on any atom is 0.237 e. The first-order chi connectivity index (χ1) is 11.8. The molecular weight excluding hydrogens is 334 g/mol. The van der Waals surface area contributed by atoms with Gasteiger partial charge in [0.25, 0.3) is 0 Å². The van der Waals surface area contributed by atoms with Crippen LogP contribution in [0, 0.1) is 5.92 Å². The summed E-state index contributed by atoms with van der Waals surface area (Å²) in [7, 11) is 2.02. The SMILES string of the molecule is CNCCC1CCN(CC(=O)N(Cc2ccccc2)C2CC2)CC1.Cl. The zero-order chi connectivity index (χ0) is 16.8. The number of nitrogens with zero attached hydrogens (tertiary/aromatic N) is 2. The molecule has 1 N–H and O–H groups in total. The van der Waals surface area contributed by atoms with Crippen molar-refractivity contribution in [2.45, 2.75) is 44.7 Å². The highest BCUT2D eigenvalue weighted by Crippen LogP contribution is 2.29. The molecule has 0 aromatic heterocycles. The predicted octanol–water partition coefficient (Wildman–Crippen LogP) is 2.92. The number of hydrogen-bond donors (Lipinski definition) is 1. The number of carbonyl (C=O) groups excluding carboxylic acids is 1. The van der Waals surface area contributed by atoms with Crippen LogP contribution in [0.25, 0.3) is 0 Å². The number of carbonyl (C=O) groups is 1. The van der Waals surface area contributed by atoms with Crippen LogP contribution in [0.1, 0.15) is 37.7 Å². The second kappa shape index (κ2) is 10.1. The minimum atomic E-state index is 0. The van der Waals surface area contributed by atoms with Crippen molar-refractivity contribution in [3.8, 4) is 0 Å². The Morgan fingerprint density at radius 3 is 2.44 bits per heavy atom. The Kier molecular flexibility index (Phi) is 8.20. The fraction of sp³-hybridized carbons (Fsp3) is 0.650. The highest BCUT2D eigenvalue weighted by atomic mass is 35.5. The van der Waals surface area contributed by atoms with Crippen molar-refractivity contribution in [2.75, 3.05) is 33.2 Å². The molecule has 5 heteroatoms. The standard InChI is InChI=1S/C20H31N3O.ClH/c1-21-12-9-17-10-13-22(14-11-17)16-20(24)23(19-7-8-19)15-18-5-3-2-4-6-18;/h2-6,17,19,21H,7-16H2,1H3;1H. The van der Waals surface area contributed by atoms with Crippen molar-refractivity contribution in [2.24, 2.45) is 5.92 Å². The molecule has 1 aliphatic carbocycles. The smallest absolute Gasteiger partial charge is 0.237 e. The minimum Gasteiger partial charge on any atom is -0.334 e. The van der Waals surface area contributed by atoms with Gasteiger partial charge in [0.05, 0.1) is 6.54 Å². The molecule has 1 heterocycles. The number of likely N-dealkylation sites (tertiary alicyclic amines) is 1. The van der Waals surface area contributed by atoms with Gasteiger partial charge in [-0.05, 0) is 70.3 Å². The lowest BCUT2D eigenvalue weighted by atomic mass is 9.93. The van der Waals surface area contributed by atoms with Crippen LogP contribution < -0.4 is 5.32 Å². The van der Waals surface area contributed by atoms with Gasteiger partial charge >= 0.3 is 0 Å². The zero-order valence-electron chi connectivity index (χ0n) is 15.3. The molecule has 1 amide bonds. The minimum absolute atomic E-state index is 0. The molecule has 4 nitrogen and oxygen atoms in total. The molecule has 0 radical (unpaired) electrons. The summed E-state index contributed by atoms with van der Waals surface area (Å²) in [6.07, 6.45) is 6.07. The van der Waals surface area contributed by atoms with Crippen molar-refractivity contribution in [3.63, 3.8) is 0 Å². The van der Waals surface area contributed by atoms with Crippen molar-refractivity contribution < 1.29 is 4.79 Å². The highest BCUT2D eigenvalue weighted by Gasteiger charge is 2.33. The summed E-state index contributed by atoms with van der Waals surface area (Å²) < 4.78 is 0. The molecule has 0 atom stereocenters. The van der Waals surface area contributed by atoms with Crippen LogP contribution in [-0.4, -0.2) is 55.0 Å². The monoisotopic (exact) mass is 365 g/mol. The molecule has 25 heavy (non-hydrogen) atoms. The summed E-state index contributed by atoms with van der Waals surface area (Å²) in [4.78, 5) is 17.3. The van der Waals surface area contributed by atoms with E-state index in [4.69, 9.17) is 0 Å². The second-order valence-electron chi connectivity index (χ2n) is 7.35. The van der Waals surface area contributed by atoms with Gasteiger partial charge in [0.2, 0.25) is 5.91 Å². The topological polar surface area (TPSA) is 35.6 Å². The van der Waals surface area contributed by atoms with Crippen LogP contribution in [0.5, 0.6) is 0 Å². The normalized spacial score (nSPS) is 18.6. The lowest BCUT2D eigenvalue weighted by Crippen LogP contribution is -2.44. The molecule has 0 spiro atoms. The van der Waals surface area contributed by atoms with Crippen molar-refractivity contribution in [1.29, 1.82) is 0 Å². The van der Waals surface area contributed by atoms with Gasteiger partial charge in [-0.1, -0.05) is 30.3 Å². The second-order valence-corrected chi connectivity index (χ2v) is 7.35. The van der Waals surface area contributed by atoms with Gasteiger partial charge in [0.15, 0.2) is 0 Å². The first-order valence-corrected chi connectivity index (χ1v) is 9.46. The molecule has 0 unspecified atom stereocenters. The average Bonchev–Trinajstić information content (AvgIpc) is 3.45. The largest absolute Gasteiger partial charge is 0.334 e. The van der Waals surface area contributed by atoms with E-state index < -0.39 is 0 Å². The van der Waals surface area contributed by atoms with Crippen molar-refractivity contribution in [1.82, 2.24) is 15.1 Å². The third-order valence-corrected chi connectivity index (χ3v) is 5.37. The Morgan fingerprint density at radius 1 is 1.16 bits per heavy atom. The molecule has 1 aliphatic heterocycles. The number of benzene rings is 1. The predicted molar refractivity (Wildman–Crippen MR) is 105 cm³/mol. The van der Waals surface area contributed by atoms with Crippen molar-refractivity contribution >= 4 is 18.3 Å².